The molecule has 28 heavy (non-hydrogen) atoms. The lowest BCUT2D eigenvalue weighted by molar-refractivity contribution is -0.119. The maximum Gasteiger partial charge on any atom is 0.405 e. The number of ether oxygens (including phenoxy) is 2. The molecule has 0 bridgehead atoms. The number of carbonyl (C=O) groups is 3. The van der Waals surface area contributed by atoms with E-state index in [1.165, 1.54) is 6.07 Å². The van der Waals surface area contributed by atoms with Gasteiger partial charge in [-0.2, -0.15) is 0 Å². The summed E-state index contributed by atoms with van der Waals surface area (Å²) in [4.78, 5) is 34.1. The third-order valence-electron chi connectivity index (χ3n) is 3.70. The normalized spacial score (nSPS) is 10.8. The molecular formula is C20H23N3O5. The number of primary amides is 2. The van der Waals surface area contributed by atoms with E-state index in [0.29, 0.717) is 23.4 Å². The van der Waals surface area contributed by atoms with Gasteiger partial charge in [0.15, 0.2) is 6.61 Å². The van der Waals surface area contributed by atoms with Gasteiger partial charge in [-0.15, -0.1) is 0 Å². The van der Waals surface area contributed by atoms with Crippen molar-refractivity contribution in [1.82, 2.24) is 0 Å². The van der Waals surface area contributed by atoms with E-state index in [-0.39, 0.29) is 12.5 Å². The minimum Gasteiger partial charge on any atom is -0.484 e. The van der Waals surface area contributed by atoms with Crippen molar-refractivity contribution in [2.45, 2.75) is 25.9 Å². The quantitative estimate of drug-likeness (QED) is 0.640. The second-order valence-corrected chi connectivity index (χ2v) is 6.79. The molecule has 0 aliphatic heterocycles. The van der Waals surface area contributed by atoms with Gasteiger partial charge in [-0.1, -0.05) is 18.2 Å². The topological polar surface area (TPSA) is 134 Å². The Bertz CT molecular complexity index is 862. The number of amides is 3. The Morgan fingerprint density at radius 1 is 1.04 bits per heavy atom. The van der Waals surface area contributed by atoms with Crippen LogP contribution < -0.4 is 21.5 Å². The lowest BCUT2D eigenvalue weighted by atomic mass is 9.98. The van der Waals surface area contributed by atoms with E-state index in [1.807, 2.05) is 12.1 Å². The number of nitrogens with two attached hydrogens (primary N) is 2. The molecule has 0 radical (unpaired) electrons. The summed E-state index contributed by atoms with van der Waals surface area (Å²) in [6.45, 7) is 3.27. The van der Waals surface area contributed by atoms with E-state index in [2.05, 4.69) is 5.32 Å². The van der Waals surface area contributed by atoms with E-state index in [0.717, 1.165) is 5.56 Å². The molecule has 0 heterocycles. The van der Waals surface area contributed by atoms with E-state index in [1.54, 1.807) is 44.2 Å². The SMILES string of the molecule is CC(C)(Cc1ccc(NC(=O)c2cccc(OCC(N)=O)c2)cc1)OC(N)=O. The van der Waals surface area contributed by atoms with Crippen molar-refractivity contribution >= 4 is 23.6 Å². The van der Waals surface area contributed by atoms with Crippen molar-refractivity contribution < 1.29 is 23.9 Å². The van der Waals surface area contributed by atoms with Gasteiger partial charge in [-0.05, 0) is 49.7 Å². The largest absolute Gasteiger partial charge is 0.484 e. The van der Waals surface area contributed by atoms with Gasteiger partial charge in [0.1, 0.15) is 11.4 Å². The minimum atomic E-state index is -0.823. The standard InChI is InChI=1S/C20H23N3O5/c1-20(2,28-19(22)26)11-13-6-8-15(9-7-13)23-18(25)14-4-3-5-16(10-14)27-12-17(21)24/h3-10H,11-12H2,1-2H3,(H2,21,24)(H2,22,26)(H,23,25). The smallest absolute Gasteiger partial charge is 0.405 e. The summed E-state index contributed by atoms with van der Waals surface area (Å²) >= 11 is 0. The maximum absolute atomic E-state index is 12.4. The summed E-state index contributed by atoms with van der Waals surface area (Å²) in [5.74, 6) is -0.549. The van der Waals surface area contributed by atoms with Gasteiger partial charge in [0.25, 0.3) is 11.8 Å². The summed E-state index contributed by atoms with van der Waals surface area (Å²) < 4.78 is 10.3. The molecule has 0 aliphatic rings. The zero-order valence-corrected chi connectivity index (χ0v) is 15.7. The number of nitrogens with one attached hydrogen (secondary N) is 1. The fourth-order valence-corrected chi connectivity index (χ4v) is 2.59. The molecule has 0 aliphatic carbocycles. The van der Waals surface area contributed by atoms with Gasteiger partial charge in [0.05, 0.1) is 0 Å². The van der Waals surface area contributed by atoms with Crippen LogP contribution in [-0.4, -0.2) is 30.1 Å². The van der Waals surface area contributed by atoms with Crippen LogP contribution in [0.1, 0.15) is 29.8 Å². The first-order valence-corrected chi connectivity index (χ1v) is 8.54. The summed E-state index contributed by atoms with van der Waals surface area (Å²) in [5, 5.41) is 2.78. The van der Waals surface area contributed by atoms with E-state index >= 15 is 0 Å². The van der Waals surface area contributed by atoms with Gasteiger partial charge < -0.3 is 26.3 Å². The van der Waals surface area contributed by atoms with Crippen molar-refractivity contribution in [3.05, 3.63) is 59.7 Å². The number of hydrogen-bond acceptors (Lipinski definition) is 5. The van der Waals surface area contributed by atoms with Gasteiger partial charge >= 0.3 is 6.09 Å². The van der Waals surface area contributed by atoms with Crippen molar-refractivity contribution in [3.63, 3.8) is 0 Å². The second-order valence-electron chi connectivity index (χ2n) is 6.79. The van der Waals surface area contributed by atoms with Crippen molar-refractivity contribution in [2.24, 2.45) is 11.5 Å². The third kappa shape index (κ3) is 6.64. The molecule has 8 heteroatoms. The fourth-order valence-electron chi connectivity index (χ4n) is 2.59. The van der Waals surface area contributed by atoms with Crippen molar-refractivity contribution in [1.29, 1.82) is 0 Å². The van der Waals surface area contributed by atoms with Gasteiger partial charge in [0, 0.05) is 17.7 Å². The molecule has 5 N–H and O–H groups in total. The number of carbonyl (C=O) groups excluding carboxylic acids is 3. The van der Waals surface area contributed by atoms with E-state index in [4.69, 9.17) is 20.9 Å². The molecule has 0 spiro atoms. The van der Waals surface area contributed by atoms with Crippen LogP contribution >= 0.6 is 0 Å². The zero-order valence-electron chi connectivity index (χ0n) is 15.7. The van der Waals surface area contributed by atoms with E-state index in [9.17, 15) is 14.4 Å². The summed E-state index contributed by atoms with van der Waals surface area (Å²) in [5.41, 5.74) is 11.3. The molecule has 0 atom stereocenters. The molecule has 2 aromatic rings. The predicted octanol–water partition coefficient (Wildman–Crippen LogP) is 2.22. The van der Waals surface area contributed by atoms with E-state index < -0.39 is 17.6 Å². The first kappa shape index (κ1) is 20.8. The van der Waals surface area contributed by atoms with Crippen LogP contribution in [0.15, 0.2) is 48.5 Å². The second kappa shape index (κ2) is 8.90. The molecule has 3 amide bonds. The van der Waals surface area contributed by atoms with Crippen LogP contribution in [0.25, 0.3) is 0 Å². The summed E-state index contributed by atoms with van der Waals surface area (Å²) in [7, 11) is 0. The van der Waals surface area contributed by atoms with Crippen LogP contribution in [0, 0.1) is 0 Å². The highest BCUT2D eigenvalue weighted by Crippen LogP contribution is 2.20. The lowest BCUT2D eigenvalue weighted by Gasteiger charge is -2.24. The number of benzene rings is 2. The summed E-state index contributed by atoms with van der Waals surface area (Å²) in [6.07, 6.45) is -0.348. The molecule has 0 unspecified atom stereocenters. The predicted molar refractivity (Wildman–Crippen MR) is 104 cm³/mol. The highest BCUT2D eigenvalue weighted by atomic mass is 16.6. The first-order chi connectivity index (χ1) is 13.1. The Hall–Kier alpha value is -3.55. The third-order valence-corrected chi connectivity index (χ3v) is 3.70. The number of rotatable bonds is 8. The Morgan fingerprint density at radius 3 is 2.32 bits per heavy atom. The molecule has 2 rings (SSSR count). The molecule has 2 aromatic carbocycles. The fraction of sp³-hybridized carbons (Fsp3) is 0.250. The molecule has 0 aromatic heterocycles. The minimum absolute atomic E-state index is 0.262. The first-order valence-electron chi connectivity index (χ1n) is 8.54. The number of anilines is 1. The van der Waals surface area contributed by atoms with Crippen LogP contribution in [0.4, 0.5) is 10.5 Å². The molecular weight excluding hydrogens is 362 g/mol. The monoisotopic (exact) mass is 385 g/mol. The molecule has 8 nitrogen and oxygen atoms in total. The molecule has 0 fully saturated rings. The van der Waals surface area contributed by atoms with Gasteiger partial charge in [-0.25, -0.2) is 4.79 Å². The average molecular weight is 385 g/mol. The Morgan fingerprint density at radius 2 is 1.71 bits per heavy atom. The maximum atomic E-state index is 12.4. The zero-order chi connectivity index (χ0) is 20.7. The Labute approximate surface area is 162 Å². The van der Waals surface area contributed by atoms with Crippen LogP contribution in [0.5, 0.6) is 5.75 Å². The van der Waals surface area contributed by atoms with Gasteiger partial charge in [0.2, 0.25) is 0 Å². The number of hydrogen-bond donors (Lipinski definition) is 3. The molecule has 0 saturated carbocycles. The Balaban J connectivity index is 2.00. The average Bonchev–Trinajstić information content (AvgIpc) is 2.60. The van der Waals surface area contributed by atoms with Crippen LogP contribution in [0.2, 0.25) is 0 Å². The van der Waals surface area contributed by atoms with Crippen LogP contribution in [-0.2, 0) is 16.0 Å². The molecule has 0 saturated heterocycles. The molecule has 148 valence electrons. The summed E-state index contributed by atoms with van der Waals surface area (Å²) in [6, 6.07) is 13.6. The highest BCUT2D eigenvalue weighted by Gasteiger charge is 2.22. The van der Waals surface area contributed by atoms with Crippen molar-refractivity contribution in [2.75, 3.05) is 11.9 Å². The van der Waals surface area contributed by atoms with Gasteiger partial charge in [-0.3, -0.25) is 9.59 Å². The highest BCUT2D eigenvalue weighted by molar-refractivity contribution is 6.04. The Kier molecular flexibility index (Phi) is 6.59. The van der Waals surface area contributed by atoms with Crippen LogP contribution in [0.3, 0.4) is 0 Å². The lowest BCUT2D eigenvalue weighted by Crippen LogP contribution is -2.33. The van der Waals surface area contributed by atoms with Crippen molar-refractivity contribution in [3.8, 4) is 5.75 Å².